The molecular formula is C22H21ClN4O4. The number of hydrogen-bond donors (Lipinski definition) is 1. The zero-order chi connectivity index (χ0) is 22.1. The van der Waals surface area contributed by atoms with Crippen LogP contribution in [0.4, 0.5) is 5.69 Å². The van der Waals surface area contributed by atoms with Crippen LogP contribution in [0.5, 0.6) is 11.5 Å². The number of rotatable bonds is 6. The van der Waals surface area contributed by atoms with E-state index in [1.807, 2.05) is 13.8 Å². The fourth-order valence-electron chi connectivity index (χ4n) is 3.27. The van der Waals surface area contributed by atoms with Crippen LogP contribution >= 0.6 is 11.6 Å². The highest BCUT2D eigenvalue weighted by atomic mass is 35.5. The molecule has 0 atom stereocenters. The van der Waals surface area contributed by atoms with Gasteiger partial charge in [-0.25, -0.2) is 9.67 Å². The second-order valence-electron chi connectivity index (χ2n) is 7.09. The van der Waals surface area contributed by atoms with Crippen molar-refractivity contribution >= 4 is 34.2 Å². The molecule has 0 saturated heterocycles. The lowest BCUT2D eigenvalue weighted by atomic mass is 10.1. The number of nitrogens with one attached hydrogen (secondary N) is 1. The van der Waals surface area contributed by atoms with E-state index in [0.717, 1.165) is 0 Å². The van der Waals surface area contributed by atoms with Gasteiger partial charge in [0, 0.05) is 18.2 Å². The molecule has 1 N–H and O–H groups in total. The maximum atomic E-state index is 13.3. The summed E-state index contributed by atoms with van der Waals surface area (Å²) in [6.45, 7) is 3.99. The number of ether oxygens (including phenoxy) is 2. The van der Waals surface area contributed by atoms with Gasteiger partial charge in [-0.3, -0.25) is 4.79 Å². The minimum absolute atomic E-state index is 0.0630. The topological polar surface area (TPSA) is 91.4 Å². The normalized spacial score (nSPS) is 11.2. The minimum atomic E-state index is -0.363. The lowest BCUT2D eigenvalue weighted by molar-refractivity contribution is 0.102. The van der Waals surface area contributed by atoms with Crippen LogP contribution in [-0.4, -0.2) is 34.9 Å². The molecule has 0 aliphatic heterocycles. The predicted molar refractivity (Wildman–Crippen MR) is 118 cm³/mol. The molecular weight excluding hydrogens is 420 g/mol. The maximum absolute atomic E-state index is 13.3. The lowest BCUT2D eigenvalue weighted by Gasteiger charge is -2.13. The Labute approximate surface area is 183 Å². The first kappa shape index (κ1) is 20.7. The zero-order valence-corrected chi connectivity index (χ0v) is 18.2. The highest BCUT2D eigenvalue weighted by Crippen LogP contribution is 2.36. The van der Waals surface area contributed by atoms with Crippen molar-refractivity contribution in [2.24, 2.45) is 0 Å². The number of hydrogen-bond acceptors (Lipinski definition) is 6. The summed E-state index contributed by atoms with van der Waals surface area (Å²) in [4.78, 5) is 18.0. The van der Waals surface area contributed by atoms with Gasteiger partial charge in [0.2, 0.25) is 0 Å². The van der Waals surface area contributed by atoms with Crippen LogP contribution in [0.1, 0.15) is 30.2 Å². The van der Waals surface area contributed by atoms with E-state index in [2.05, 4.69) is 15.4 Å². The van der Waals surface area contributed by atoms with Crippen molar-refractivity contribution in [3.63, 3.8) is 0 Å². The highest BCUT2D eigenvalue weighted by Gasteiger charge is 2.21. The number of nitrogens with zero attached hydrogens (tertiary/aromatic N) is 3. The largest absolute Gasteiger partial charge is 0.493 e. The van der Waals surface area contributed by atoms with Gasteiger partial charge in [0.25, 0.3) is 5.91 Å². The maximum Gasteiger partial charge on any atom is 0.256 e. The number of furan rings is 1. The van der Waals surface area contributed by atoms with E-state index in [1.54, 1.807) is 47.5 Å². The molecule has 0 spiro atoms. The molecule has 0 bridgehead atoms. The summed E-state index contributed by atoms with van der Waals surface area (Å²) in [6, 6.07) is 8.50. The first-order chi connectivity index (χ1) is 14.9. The monoisotopic (exact) mass is 440 g/mol. The second-order valence-corrected chi connectivity index (χ2v) is 7.50. The van der Waals surface area contributed by atoms with Crippen molar-refractivity contribution in [1.29, 1.82) is 0 Å². The summed E-state index contributed by atoms with van der Waals surface area (Å²) in [6.07, 6.45) is 3.20. The summed E-state index contributed by atoms with van der Waals surface area (Å²) >= 11 is 6.35. The van der Waals surface area contributed by atoms with Crippen LogP contribution in [-0.2, 0) is 0 Å². The Morgan fingerprint density at radius 2 is 1.94 bits per heavy atom. The first-order valence-corrected chi connectivity index (χ1v) is 9.95. The summed E-state index contributed by atoms with van der Waals surface area (Å²) in [5.74, 6) is 1.11. The van der Waals surface area contributed by atoms with Crippen LogP contribution in [0.25, 0.3) is 22.5 Å². The molecule has 4 aromatic rings. The molecule has 1 amide bonds. The molecule has 31 heavy (non-hydrogen) atoms. The Balaban J connectivity index is 1.81. The number of methoxy groups -OCH3 is 2. The SMILES string of the molecule is COc1cc(Cl)c(NC(=O)c2cc(-c3ccco3)nc3c2cnn3C(C)C)cc1OC. The number of fused-ring (bicyclic) bond motifs is 1. The first-order valence-electron chi connectivity index (χ1n) is 9.58. The fraction of sp³-hybridized carbons (Fsp3) is 0.227. The molecule has 0 aliphatic carbocycles. The smallest absolute Gasteiger partial charge is 0.256 e. The molecule has 8 nitrogen and oxygen atoms in total. The quantitative estimate of drug-likeness (QED) is 0.443. The molecule has 0 saturated carbocycles. The summed E-state index contributed by atoms with van der Waals surface area (Å²) in [5.41, 5.74) is 1.91. The van der Waals surface area contributed by atoms with Crippen LogP contribution in [0.3, 0.4) is 0 Å². The molecule has 3 aromatic heterocycles. The summed E-state index contributed by atoms with van der Waals surface area (Å²) in [7, 11) is 3.03. The van der Waals surface area contributed by atoms with E-state index in [9.17, 15) is 4.79 Å². The van der Waals surface area contributed by atoms with Gasteiger partial charge in [0.15, 0.2) is 22.9 Å². The number of halogens is 1. The molecule has 4 rings (SSSR count). The standard InChI is InChI=1S/C22H21ClN4O4/c1-12(2)27-21-14(11-24-27)13(8-17(25-21)18-6-5-7-31-18)22(28)26-16-10-20(30-4)19(29-3)9-15(16)23/h5-12H,1-4H3,(H,26,28). The van der Waals surface area contributed by atoms with Gasteiger partial charge in [-0.15, -0.1) is 0 Å². The number of benzene rings is 1. The fourth-order valence-corrected chi connectivity index (χ4v) is 3.47. The van der Waals surface area contributed by atoms with Crippen molar-refractivity contribution in [1.82, 2.24) is 14.8 Å². The molecule has 0 aliphatic rings. The van der Waals surface area contributed by atoms with E-state index >= 15 is 0 Å². The number of amides is 1. The van der Waals surface area contributed by atoms with Gasteiger partial charge < -0.3 is 19.2 Å². The molecule has 0 radical (unpaired) electrons. The van der Waals surface area contributed by atoms with Crippen molar-refractivity contribution in [3.05, 3.63) is 53.4 Å². The summed E-state index contributed by atoms with van der Waals surface area (Å²) < 4.78 is 17.8. The molecule has 3 heterocycles. The Bertz CT molecular complexity index is 1250. The van der Waals surface area contributed by atoms with Crippen LogP contribution in [0, 0.1) is 0 Å². The third-order valence-electron chi connectivity index (χ3n) is 4.80. The third-order valence-corrected chi connectivity index (χ3v) is 5.11. The number of carbonyl (C=O) groups is 1. The minimum Gasteiger partial charge on any atom is -0.493 e. The van der Waals surface area contributed by atoms with Crippen molar-refractivity contribution in [2.45, 2.75) is 19.9 Å². The summed E-state index contributed by atoms with van der Waals surface area (Å²) in [5, 5.41) is 8.21. The van der Waals surface area contributed by atoms with E-state index in [4.69, 9.17) is 25.5 Å². The van der Waals surface area contributed by atoms with E-state index < -0.39 is 0 Å². The van der Waals surface area contributed by atoms with Crippen LogP contribution in [0.2, 0.25) is 5.02 Å². The average molecular weight is 441 g/mol. The Kier molecular flexibility index (Phi) is 5.56. The van der Waals surface area contributed by atoms with Gasteiger partial charge in [0.1, 0.15) is 5.69 Å². The number of pyridine rings is 1. The van der Waals surface area contributed by atoms with Gasteiger partial charge >= 0.3 is 0 Å². The number of anilines is 1. The van der Waals surface area contributed by atoms with E-state index in [0.29, 0.717) is 50.3 Å². The van der Waals surface area contributed by atoms with Crippen molar-refractivity contribution < 1.29 is 18.7 Å². The molecule has 160 valence electrons. The molecule has 0 unspecified atom stereocenters. The van der Waals surface area contributed by atoms with Gasteiger partial charge in [-0.05, 0) is 32.0 Å². The van der Waals surface area contributed by atoms with Crippen LogP contribution in [0.15, 0.2) is 47.2 Å². The van der Waals surface area contributed by atoms with E-state index in [-0.39, 0.29) is 11.9 Å². The highest BCUT2D eigenvalue weighted by molar-refractivity contribution is 6.34. The number of carbonyl (C=O) groups excluding carboxylic acids is 1. The number of aromatic nitrogens is 3. The molecule has 0 fully saturated rings. The predicted octanol–water partition coefficient (Wildman–Crippen LogP) is 5.20. The van der Waals surface area contributed by atoms with Gasteiger partial charge in [0.05, 0.1) is 48.3 Å². The lowest BCUT2D eigenvalue weighted by Crippen LogP contribution is -2.14. The van der Waals surface area contributed by atoms with Gasteiger partial charge in [-0.2, -0.15) is 5.10 Å². The Morgan fingerprint density at radius 1 is 1.19 bits per heavy atom. The van der Waals surface area contributed by atoms with Crippen molar-refractivity contribution in [2.75, 3.05) is 19.5 Å². The second kappa shape index (κ2) is 8.31. The average Bonchev–Trinajstić information content (AvgIpc) is 3.43. The van der Waals surface area contributed by atoms with E-state index in [1.165, 1.54) is 14.2 Å². The van der Waals surface area contributed by atoms with Gasteiger partial charge in [-0.1, -0.05) is 11.6 Å². The molecule has 9 heteroatoms. The molecule has 1 aromatic carbocycles. The Morgan fingerprint density at radius 3 is 2.58 bits per heavy atom. The third kappa shape index (κ3) is 3.82. The zero-order valence-electron chi connectivity index (χ0n) is 17.5. The Hall–Kier alpha value is -3.52. The van der Waals surface area contributed by atoms with Crippen LogP contribution < -0.4 is 14.8 Å². The van der Waals surface area contributed by atoms with Crippen molar-refractivity contribution in [3.8, 4) is 23.0 Å².